The van der Waals surface area contributed by atoms with Crippen molar-refractivity contribution in [2.45, 2.75) is 45.2 Å². The van der Waals surface area contributed by atoms with Crippen molar-refractivity contribution in [3.8, 4) is 5.75 Å². The summed E-state index contributed by atoms with van der Waals surface area (Å²) in [5.41, 5.74) is 1.21. The summed E-state index contributed by atoms with van der Waals surface area (Å²) in [5, 5.41) is 8.81. The zero-order chi connectivity index (χ0) is 14.4. The van der Waals surface area contributed by atoms with Crippen molar-refractivity contribution in [2.75, 3.05) is 13.2 Å². The smallest absolute Gasteiger partial charge is 0.304 e. The molecule has 20 heavy (non-hydrogen) atoms. The van der Waals surface area contributed by atoms with E-state index in [1.54, 1.807) is 0 Å². The van der Waals surface area contributed by atoms with Gasteiger partial charge in [-0.05, 0) is 37.0 Å². The van der Waals surface area contributed by atoms with Crippen molar-refractivity contribution < 1.29 is 14.6 Å². The first-order valence-corrected chi connectivity index (χ1v) is 7.36. The lowest BCUT2D eigenvalue weighted by Crippen LogP contribution is -2.28. The molecule has 1 aliphatic carbocycles. The molecule has 4 heteroatoms. The molecule has 1 aliphatic rings. The van der Waals surface area contributed by atoms with Gasteiger partial charge in [-0.25, -0.2) is 0 Å². The highest BCUT2D eigenvalue weighted by Gasteiger charge is 2.28. The Balaban J connectivity index is 1.87. The molecular weight excluding hydrogens is 254 g/mol. The number of hydrogen-bond acceptors (Lipinski definition) is 3. The van der Waals surface area contributed by atoms with E-state index in [2.05, 4.69) is 24.0 Å². The Morgan fingerprint density at radius 3 is 2.60 bits per heavy atom. The molecule has 0 unspecified atom stereocenters. The van der Waals surface area contributed by atoms with Crippen molar-refractivity contribution in [3.05, 3.63) is 29.8 Å². The highest BCUT2D eigenvalue weighted by molar-refractivity contribution is 5.66. The Hall–Kier alpha value is -1.55. The molecule has 0 heterocycles. The molecule has 4 nitrogen and oxygen atoms in total. The molecule has 0 atom stereocenters. The highest BCUT2D eigenvalue weighted by Crippen LogP contribution is 2.28. The van der Waals surface area contributed by atoms with Gasteiger partial charge in [0.05, 0.1) is 13.0 Å². The molecule has 1 saturated carbocycles. The molecule has 0 aliphatic heterocycles. The van der Waals surface area contributed by atoms with Crippen molar-refractivity contribution in [1.82, 2.24) is 4.90 Å². The monoisotopic (exact) mass is 277 g/mol. The normalized spacial score (nSPS) is 14.5. The fraction of sp³-hybridized carbons (Fsp3) is 0.562. The zero-order valence-electron chi connectivity index (χ0n) is 12.0. The number of carboxylic acids is 1. The third-order valence-electron chi connectivity index (χ3n) is 3.46. The summed E-state index contributed by atoms with van der Waals surface area (Å²) in [7, 11) is 0. The van der Waals surface area contributed by atoms with Crippen LogP contribution < -0.4 is 4.74 Å². The summed E-state index contributed by atoms with van der Waals surface area (Å²) >= 11 is 0. The summed E-state index contributed by atoms with van der Waals surface area (Å²) in [6.45, 7) is 4.29. The molecular formula is C16H23NO3. The Morgan fingerprint density at radius 2 is 2.05 bits per heavy atom. The van der Waals surface area contributed by atoms with Crippen molar-refractivity contribution in [3.63, 3.8) is 0 Å². The van der Waals surface area contributed by atoms with Crippen LogP contribution in [0.25, 0.3) is 0 Å². The molecule has 1 fully saturated rings. The molecule has 110 valence electrons. The highest BCUT2D eigenvalue weighted by atomic mass is 16.5. The van der Waals surface area contributed by atoms with E-state index in [9.17, 15) is 4.79 Å². The molecule has 1 N–H and O–H groups in total. The van der Waals surface area contributed by atoms with Crippen LogP contribution in [0.2, 0.25) is 0 Å². The SMILES string of the molecule is CCCOc1ccc(CN(CCC(=O)O)C2CC2)cc1. The lowest BCUT2D eigenvalue weighted by atomic mass is 10.2. The number of ether oxygens (including phenoxy) is 1. The topological polar surface area (TPSA) is 49.8 Å². The van der Waals surface area contributed by atoms with E-state index in [1.165, 1.54) is 18.4 Å². The minimum Gasteiger partial charge on any atom is -0.494 e. The van der Waals surface area contributed by atoms with Crippen LogP contribution in [0.5, 0.6) is 5.75 Å². The number of nitrogens with zero attached hydrogens (tertiary/aromatic N) is 1. The third-order valence-corrected chi connectivity index (χ3v) is 3.46. The molecule has 0 aromatic heterocycles. The fourth-order valence-corrected chi connectivity index (χ4v) is 2.22. The molecule has 2 rings (SSSR count). The van der Waals surface area contributed by atoms with E-state index in [4.69, 9.17) is 9.84 Å². The zero-order valence-corrected chi connectivity index (χ0v) is 12.0. The summed E-state index contributed by atoms with van der Waals surface area (Å²) in [6, 6.07) is 8.70. The van der Waals surface area contributed by atoms with Gasteiger partial charge in [0.1, 0.15) is 5.75 Å². The summed E-state index contributed by atoms with van der Waals surface area (Å²) in [6.07, 6.45) is 3.61. The van der Waals surface area contributed by atoms with Crippen LogP contribution in [0.4, 0.5) is 0 Å². The molecule has 0 amide bonds. The van der Waals surface area contributed by atoms with Crippen LogP contribution in [0.3, 0.4) is 0 Å². The maximum atomic E-state index is 10.7. The van der Waals surface area contributed by atoms with Gasteiger partial charge in [-0.2, -0.15) is 0 Å². The lowest BCUT2D eigenvalue weighted by Gasteiger charge is -2.21. The van der Waals surface area contributed by atoms with Gasteiger partial charge in [0.15, 0.2) is 0 Å². The van der Waals surface area contributed by atoms with E-state index in [-0.39, 0.29) is 6.42 Å². The largest absolute Gasteiger partial charge is 0.494 e. The van der Waals surface area contributed by atoms with Gasteiger partial charge in [0.2, 0.25) is 0 Å². The van der Waals surface area contributed by atoms with Gasteiger partial charge >= 0.3 is 5.97 Å². The standard InChI is InChI=1S/C16H23NO3/c1-2-11-20-15-7-3-13(4-8-15)12-17(14-5-6-14)10-9-16(18)19/h3-4,7-8,14H,2,5-6,9-12H2,1H3,(H,18,19). The summed E-state index contributed by atoms with van der Waals surface area (Å²) in [5.74, 6) is 0.179. The van der Waals surface area contributed by atoms with Gasteiger partial charge in [-0.15, -0.1) is 0 Å². The third kappa shape index (κ3) is 4.85. The van der Waals surface area contributed by atoms with Gasteiger partial charge in [-0.3, -0.25) is 9.69 Å². The molecule has 0 radical (unpaired) electrons. The minimum atomic E-state index is -0.723. The first-order chi connectivity index (χ1) is 9.69. The number of rotatable bonds is 9. The van der Waals surface area contributed by atoms with Gasteiger partial charge in [-0.1, -0.05) is 19.1 Å². The lowest BCUT2D eigenvalue weighted by molar-refractivity contribution is -0.137. The Kier molecular flexibility index (Phi) is 5.41. The molecule has 1 aromatic carbocycles. The van der Waals surface area contributed by atoms with Gasteiger partial charge in [0, 0.05) is 19.1 Å². The molecule has 0 spiro atoms. The Labute approximate surface area is 120 Å². The van der Waals surface area contributed by atoms with E-state index in [1.807, 2.05) is 12.1 Å². The average molecular weight is 277 g/mol. The van der Waals surface area contributed by atoms with E-state index in [0.717, 1.165) is 25.3 Å². The van der Waals surface area contributed by atoms with Crippen LogP contribution >= 0.6 is 0 Å². The quantitative estimate of drug-likeness (QED) is 0.754. The number of hydrogen-bond donors (Lipinski definition) is 1. The van der Waals surface area contributed by atoms with Crippen LogP contribution in [0.1, 0.15) is 38.2 Å². The second-order valence-electron chi connectivity index (χ2n) is 5.34. The predicted octanol–water partition coefficient (Wildman–Crippen LogP) is 2.91. The van der Waals surface area contributed by atoms with Crippen LogP contribution in [-0.2, 0) is 11.3 Å². The maximum Gasteiger partial charge on any atom is 0.304 e. The van der Waals surface area contributed by atoms with Crippen molar-refractivity contribution >= 4 is 5.97 Å². The number of benzene rings is 1. The Bertz CT molecular complexity index is 426. The first-order valence-electron chi connectivity index (χ1n) is 7.36. The molecule has 0 saturated heterocycles. The van der Waals surface area contributed by atoms with E-state index < -0.39 is 5.97 Å². The second kappa shape index (κ2) is 7.29. The fourth-order valence-electron chi connectivity index (χ4n) is 2.22. The summed E-state index contributed by atoms with van der Waals surface area (Å²) in [4.78, 5) is 13.0. The number of aliphatic carboxylic acids is 1. The Morgan fingerprint density at radius 1 is 1.35 bits per heavy atom. The van der Waals surface area contributed by atoms with Crippen LogP contribution in [0.15, 0.2) is 24.3 Å². The van der Waals surface area contributed by atoms with Crippen LogP contribution in [-0.4, -0.2) is 35.2 Å². The predicted molar refractivity (Wildman–Crippen MR) is 77.9 cm³/mol. The van der Waals surface area contributed by atoms with E-state index >= 15 is 0 Å². The maximum absolute atomic E-state index is 10.7. The second-order valence-corrected chi connectivity index (χ2v) is 5.34. The van der Waals surface area contributed by atoms with Gasteiger partial charge in [0.25, 0.3) is 0 Å². The molecule has 0 bridgehead atoms. The minimum absolute atomic E-state index is 0.216. The first kappa shape index (κ1) is 14.9. The van der Waals surface area contributed by atoms with Crippen molar-refractivity contribution in [2.24, 2.45) is 0 Å². The van der Waals surface area contributed by atoms with E-state index in [0.29, 0.717) is 12.6 Å². The summed E-state index contributed by atoms with van der Waals surface area (Å²) < 4.78 is 5.56. The number of carboxylic acid groups (broad SMARTS) is 1. The van der Waals surface area contributed by atoms with Gasteiger partial charge < -0.3 is 9.84 Å². The average Bonchev–Trinajstić information content (AvgIpc) is 3.27. The number of carbonyl (C=O) groups is 1. The molecule has 1 aromatic rings. The van der Waals surface area contributed by atoms with Crippen molar-refractivity contribution in [1.29, 1.82) is 0 Å². The van der Waals surface area contributed by atoms with Crippen LogP contribution in [0, 0.1) is 0 Å².